The lowest BCUT2D eigenvalue weighted by molar-refractivity contribution is 0.111. The van der Waals surface area contributed by atoms with Crippen LogP contribution in [0.25, 0.3) is 0 Å². The summed E-state index contributed by atoms with van der Waals surface area (Å²) in [4.78, 5) is 14.3. The van der Waals surface area contributed by atoms with Crippen molar-refractivity contribution in [3.8, 4) is 5.75 Å². The van der Waals surface area contributed by atoms with Crippen LogP contribution in [0.4, 0.5) is 5.82 Å². The van der Waals surface area contributed by atoms with Crippen molar-refractivity contribution in [2.45, 2.75) is 0 Å². The molecule has 0 fully saturated rings. The molecule has 0 spiro atoms. The molecule has 2 heterocycles. The fourth-order valence-corrected chi connectivity index (χ4v) is 0.946. The van der Waals surface area contributed by atoms with Crippen LogP contribution in [0.2, 0.25) is 0 Å². The average Bonchev–Trinajstić information content (AvgIpc) is 2.17. The van der Waals surface area contributed by atoms with E-state index < -0.39 is 0 Å². The third-order valence-corrected chi connectivity index (χ3v) is 1.48. The molecule has 1 aliphatic heterocycles. The number of hydrogen-bond acceptors (Lipinski definition) is 4. The maximum atomic E-state index is 10.3. The van der Waals surface area contributed by atoms with E-state index in [1.807, 2.05) is 0 Å². The van der Waals surface area contributed by atoms with Gasteiger partial charge in [0.2, 0.25) is 0 Å². The molecule has 1 aromatic heterocycles. The van der Waals surface area contributed by atoms with Gasteiger partial charge in [0.15, 0.2) is 17.9 Å². The number of carbonyl (C=O) groups excluding carboxylic acids is 1. The summed E-state index contributed by atoms with van der Waals surface area (Å²) in [7, 11) is 0. The summed E-state index contributed by atoms with van der Waals surface area (Å²) in [5.74, 6) is 1.20. The Kier molecular flexibility index (Phi) is 1.51. The van der Waals surface area contributed by atoms with E-state index in [4.69, 9.17) is 4.74 Å². The highest BCUT2D eigenvalue weighted by molar-refractivity contribution is 5.74. The zero-order chi connectivity index (χ0) is 8.39. The number of hydrogen-bond donors (Lipinski definition) is 1. The molecule has 0 amide bonds. The first-order valence-corrected chi connectivity index (χ1v) is 3.44. The number of fused-ring (bicyclic) bond motifs is 1. The molecule has 1 aromatic rings. The zero-order valence-corrected chi connectivity index (χ0v) is 6.15. The van der Waals surface area contributed by atoms with Crippen molar-refractivity contribution >= 4 is 12.1 Å². The maximum Gasteiger partial charge on any atom is 0.174 e. The average molecular weight is 162 g/mol. The smallest absolute Gasteiger partial charge is 0.174 e. The molecular weight excluding hydrogens is 156 g/mol. The minimum absolute atomic E-state index is 0.389. The summed E-state index contributed by atoms with van der Waals surface area (Å²) in [6, 6.07) is 3.30. The van der Waals surface area contributed by atoms with E-state index in [1.54, 1.807) is 18.3 Å². The first kappa shape index (κ1) is 6.84. The number of nitrogens with zero attached hydrogens (tertiary/aromatic N) is 1. The summed E-state index contributed by atoms with van der Waals surface area (Å²) < 4.78 is 5.10. The molecule has 4 nitrogen and oxygen atoms in total. The molecule has 12 heavy (non-hydrogen) atoms. The molecule has 0 aliphatic carbocycles. The summed E-state index contributed by atoms with van der Waals surface area (Å²) in [6.45, 7) is 0. The van der Waals surface area contributed by atoms with Crippen LogP contribution in [0.3, 0.4) is 0 Å². The lowest BCUT2D eigenvalue weighted by Gasteiger charge is -2.11. The van der Waals surface area contributed by atoms with Gasteiger partial charge in [0.05, 0.1) is 0 Å². The standard InChI is InChI=1S/C8H6N2O2/c11-5-6-1-2-7-8(10-6)9-3-4-12-7/h1-5H,(H,9,10). The Morgan fingerprint density at radius 2 is 2.42 bits per heavy atom. The van der Waals surface area contributed by atoms with Crippen molar-refractivity contribution in [1.29, 1.82) is 0 Å². The van der Waals surface area contributed by atoms with E-state index in [-0.39, 0.29) is 0 Å². The lowest BCUT2D eigenvalue weighted by Crippen LogP contribution is -2.03. The summed E-state index contributed by atoms with van der Waals surface area (Å²) >= 11 is 0. The van der Waals surface area contributed by atoms with Gasteiger partial charge in [-0.05, 0) is 12.1 Å². The number of nitrogens with one attached hydrogen (secondary N) is 1. The van der Waals surface area contributed by atoms with Crippen molar-refractivity contribution < 1.29 is 9.53 Å². The molecule has 0 saturated heterocycles. The van der Waals surface area contributed by atoms with Crippen LogP contribution in [-0.2, 0) is 0 Å². The second-order valence-electron chi connectivity index (χ2n) is 2.27. The molecule has 0 aromatic carbocycles. The van der Waals surface area contributed by atoms with Crippen LogP contribution in [0.1, 0.15) is 10.5 Å². The monoisotopic (exact) mass is 162 g/mol. The van der Waals surface area contributed by atoms with Gasteiger partial charge in [-0.25, -0.2) is 4.98 Å². The molecule has 1 N–H and O–H groups in total. The van der Waals surface area contributed by atoms with Crippen LogP contribution in [-0.4, -0.2) is 11.3 Å². The van der Waals surface area contributed by atoms with Gasteiger partial charge in [-0.1, -0.05) is 0 Å². The summed E-state index contributed by atoms with van der Waals surface area (Å²) in [6.07, 6.45) is 3.83. The zero-order valence-electron chi connectivity index (χ0n) is 6.15. The quantitative estimate of drug-likeness (QED) is 0.630. The van der Waals surface area contributed by atoms with E-state index in [9.17, 15) is 4.79 Å². The molecule has 0 unspecified atom stereocenters. The Morgan fingerprint density at radius 1 is 1.50 bits per heavy atom. The molecular formula is C8H6N2O2. The van der Waals surface area contributed by atoms with Crippen molar-refractivity contribution in [3.63, 3.8) is 0 Å². The SMILES string of the molecule is O=Cc1ccc2c(n1)NC=CO2. The van der Waals surface area contributed by atoms with Crippen LogP contribution in [0, 0.1) is 0 Å². The fraction of sp³-hybridized carbons (Fsp3) is 0. The second kappa shape index (κ2) is 2.65. The van der Waals surface area contributed by atoms with Gasteiger partial charge >= 0.3 is 0 Å². The van der Waals surface area contributed by atoms with Crippen LogP contribution >= 0.6 is 0 Å². The predicted molar refractivity (Wildman–Crippen MR) is 43.0 cm³/mol. The molecule has 0 bridgehead atoms. The van der Waals surface area contributed by atoms with Crippen LogP contribution in [0.15, 0.2) is 24.6 Å². The lowest BCUT2D eigenvalue weighted by atomic mass is 10.3. The van der Waals surface area contributed by atoms with Gasteiger partial charge in [-0.15, -0.1) is 0 Å². The topological polar surface area (TPSA) is 51.2 Å². The first-order chi connectivity index (χ1) is 5.90. The normalized spacial score (nSPS) is 12.7. The number of carbonyl (C=O) groups is 1. The Bertz CT molecular complexity index is 347. The maximum absolute atomic E-state index is 10.3. The summed E-state index contributed by atoms with van der Waals surface area (Å²) in [5.41, 5.74) is 0.389. The Balaban J connectivity index is 2.46. The third kappa shape index (κ3) is 1.03. The number of ether oxygens (including phenoxy) is 1. The highest BCUT2D eigenvalue weighted by atomic mass is 16.5. The van der Waals surface area contributed by atoms with Crippen molar-refractivity contribution in [3.05, 3.63) is 30.3 Å². The van der Waals surface area contributed by atoms with Gasteiger partial charge in [0, 0.05) is 6.20 Å². The van der Waals surface area contributed by atoms with E-state index >= 15 is 0 Å². The van der Waals surface area contributed by atoms with Gasteiger partial charge in [-0.2, -0.15) is 0 Å². The van der Waals surface area contributed by atoms with Gasteiger partial charge < -0.3 is 10.1 Å². The number of anilines is 1. The molecule has 0 saturated carbocycles. The highest BCUT2D eigenvalue weighted by Gasteiger charge is 2.07. The van der Waals surface area contributed by atoms with Crippen LogP contribution in [0.5, 0.6) is 5.75 Å². The van der Waals surface area contributed by atoms with E-state index in [0.29, 0.717) is 23.5 Å². The van der Waals surface area contributed by atoms with Gasteiger partial charge in [-0.3, -0.25) is 4.79 Å². The molecule has 1 aliphatic rings. The molecule has 0 radical (unpaired) electrons. The fourth-order valence-electron chi connectivity index (χ4n) is 0.946. The molecule has 60 valence electrons. The minimum Gasteiger partial charge on any atom is -0.460 e. The Labute approximate surface area is 68.9 Å². The Morgan fingerprint density at radius 3 is 3.25 bits per heavy atom. The van der Waals surface area contributed by atoms with E-state index in [0.717, 1.165) is 0 Å². The second-order valence-corrected chi connectivity index (χ2v) is 2.27. The van der Waals surface area contributed by atoms with Crippen molar-refractivity contribution in [1.82, 2.24) is 4.98 Å². The van der Waals surface area contributed by atoms with E-state index in [1.165, 1.54) is 6.26 Å². The number of rotatable bonds is 1. The van der Waals surface area contributed by atoms with Crippen LogP contribution < -0.4 is 10.1 Å². The highest BCUT2D eigenvalue weighted by Crippen LogP contribution is 2.24. The van der Waals surface area contributed by atoms with Gasteiger partial charge in [0.1, 0.15) is 12.0 Å². The number of pyridine rings is 1. The molecule has 2 rings (SSSR count). The largest absolute Gasteiger partial charge is 0.460 e. The van der Waals surface area contributed by atoms with E-state index in [2.05, 4.69) is 10.3 Å². The third-order valence-electron chi connectivity index (χ3n) is 1.48. The Hall–Kier alpha value is -1.84. The van der Waals surface area contributed by atoms with Crippen molar-refractivity contribution in [2.75, 3.05) is 5.32 Å². The molecule has 4 heteroatoms. The first-order valence-electron chi connectivity index (χ1n) is 3.44. The van der Waals surface area contributed by atoms with Gasteiger partial charge in [0.25, 0.3) is 0 Å². The number of aromatic nitrogens is 1. The predicted octanol–water partition coefficient (Wildman–Crippen LogP) is 1.17. The molecule has 0 atom stereocenters. The summed E-state index contributed by atoms with van der Waals surface area (Å²) in [5, 5.41) is 2.86. The van der Waals surface area contributed by atoms with Crippen molar-refractivity contribution in [2.24, 2.45) is 0 Å². The minimum atomic E-state index is 0.389. The number of aldehydes is 1.